The zero-order valence-corrected chi connectivity index (χ0v) is 15.8. The predicted octanol–water partition coefficient (Wildman–Crippen LogP) is 4.15. The Morgan fingerprint density at radius 3 is 2.13 bits per heavy atom. The number of carbonyl (C=O) groups excluding carboxylic acids is 2. The zero-order chi connectivity index (χ0) is 17.9. The first-order valence-corrected chi connectivity index (χ1v) is 8.63. The summed E-state index contributed by atoms with van der Waals surface area (Å²) in [5.74, 6) is -0.319. The minimum atomic E-state index is -0.984. The molecule has 23 heavy (non-hydrogen) atoms. The molecule has 1 heterocycles. The number of carbonyl (C=O) groups is 2. The van der Waals surface area contributed by atoms with Crippen molar-refractivity contribution in [1.82, 2.24) is 4.90 Å². The van der Waals surface area contributed by atoms with E-state index in [0.717, 1.165) is 19.3 Å². The molecule has 1 aliphatic heterocycles. The van der Waals surface area contributed by atoms with Gasteiger partial charge in [0.1, 0.15) is 11.1 Å². The van der Waals surface area contributed by atoms with Gasteiger partial charge in [-0.1, -0.05) is 33.6 Å². The fourth-order valence-electron chi connectivity index (χ4n) is 3.27. The number of nitrogens with zero attached hydrogens (tertiary/aromatic N) is 1. The van der Waals surface area contributed by atoms with Crippen LogP contribution < -0.4 is 0 Å². The summed E-state index contributed by atoms with van der Waals surface area (Å²) in [6, 6.07) is 0. The monoisotopic (exact) mass is 327 g/mol. The molecule has 1 amide bonds. The smallest absolute Gasteiger partial charge is 0.411 e. The molecule has 1 aliphatic rings. The second-order valence-electron chi connectivity index (χ2n) is 8.27. The van der Waals surface area contributed by atoms with Crippen LogP contribution >= 0.6 is 0 Å². The molecule has 0 aromatic carbocycles. The maximum absolute atomic E-state index is 12.9. The van der Waals surface area contributed by atoms with E-state index in [1.165, 1.54) is 0 Å². The van der Waals surface area contributed by atoms with Crippen LogP contribution in [-0.2, 0) is 14.3 Å². The highest BCUT2D eigenvalue weighted by Gasteiger charge is 2.56. The first-order valence-electron chi connectivity index (χ1n) is 8.63. The number of rotatable bonds is 2. The van der Waals surface area contributed by atoms with E-state index in [-0.39, 0.29) is 5.97 Å². The van der Waals surface area contributed by atoms with Crippen molar-refractivity contribution in [3.05, 3.63) is 0 Å². The lowest BCUT2D eigenvalue weighted by Gasteiger charge is -2.49. The molecule has 0 aliphatic carbocycles. The molecule has 1 atom stereocenters. The maximum atomic E-state index is 12.9. The Labute approximate surface area is 140 Å². The van der Waals surface area contributed by atoms with Crippen molar-refractivity contribution in [3.63, 3.8) is 0 Å². The lowest BCUT2D eigenvalue weighted by molar-refractivity contribution is -0.166. The van der Waals surface area contributed by atoms with Gasteiger partial charge in [-0.25, -0.2) is 9.59 Å². The fourth-order valence-corrected chi connectivity index (χ4v) is 3.27. The number of ether oxygens (including phenoxy) is 2. The first-order chi connectivity index (χ1) is 10.5. The van der Waals surface area contributed by atoms with E-state index in [1.54, 1.807) is 11.8 Å². The largest absolute Gasteiger partial charge is 0.464 e. The van der Waals surface area contributed by atoms with Crippen LogP contribution in [0, 0.1) is 5.41 Å². The Morgan fingerprint density at radius 1 is 1.04 bits per heavy atom. The van der Waals surface area contributed by atoms with Gasteiger partial charge in [0.05, 0.1) is 6.61 Å². The third-order valence-electron chi connectivity index (χ3n) is 4.35. The molecule has 5 nitrogen and oxygen atoms in total. The lowest BCUT2D eigenvalue weighted by atomic mass is 9.70. The van der Waals surface area contributed by atoms with Gasteiger partial charge >= 0.3 is 12.1 Å². The van der Waals surface area contributed by atoms with Gasteiger partial charge in [0.15, 0.2) is 0 Å². The summed E-state index contributed by atoms with van der Waals surface area (Å²) in [6.45, 7) is 14.1. The number of hydrogen-bond acceptors (Lipinski definition) is 4. The van der Waals surface area contributed by atoms with Crippen molar-refractivity contribution >= 4 is 12.1 Å². The van der Waals surface area contributed by atoms with Gasteiger partial charge in [-0.2, -0.15) is 0 Å². The quantitative estimate of drug-likeness (QED) is 0.715. The normalized spacial score (nSPS) is 23.2. The molecule has 0 spiro atoms. The molecule has 0 aromatic rings. The molecular weight excluding hydrogens is 294 g/mol. The van der Waals surface area contributed by atoms with Crippen molar-refractivity contribution in [2.24, 2.45) is 5.41 Å². The second kappa shape index (κ2) is 7.10. The van der Waals surface area contributed by atoms with Crippen LogP contribution in [0.25, 0.3) is 0 Å². The predicted molar refractivity (Wildman–Crippen MR) is 90.2 cm³/mol. The topological polar surface area (TPSA) is 55.8 Å². The van der Waals surface area contributed by atoms with Gasteiger partial charge in [0.2, 0.25) is 0 Å². The summed E-state index contributed by atoms with van der Waals surface area (Å²) in [5.41, 5.74) is -2.02. The third kappa shape index (κ3) is 4.39. The maximum Gasteiger partial charge on any atom is 0.411 e. The summed E-state index contributed by atoms with van der Waals surface area (Å²) >= 11 is 0. The van der Waals surface area contributed by atoms with Crippen molar-refractivity contribution in [2.75, 3.05) is 13.2 Å². The van der Waals surface area contributed by atoms with Crippen LogP contribution in [0.2, 0.25) is 0 Å². The van der Waals surface area contributed by atoms with Crippen LogP contribution in [-0.4, -0.2) is 41.3 Å². The van der Waals surface area contributed by atoms with Gasteiger partial charge in [0, 0.05) is 6.54 Å². The van der Waals surface area contributed by atoms with E-state index < -0.39 is 22.6 Å². The molecule has 0 aromatic heterocycles. The molecule has 0 saturated carbocycles. The molecule has 1 rings (SSSR count). The van der Waals surface area contributed by atoms with Crippen LogP contribution in [0.1, 0.15) is 74.1 Å². The highest BCUT2D eigenvalue weighted by atomic mass is 16.6. The minimum absolute atomic E-state index is 0.304. The third-order valence-corrected chi connectivity index (χ3v) is 4.35. The molecular formula is C18H33NO4. The van der Waals surface area contributed by atoms with Crippen LogP contribution in [0.3, 0.4) is 0 Å². The highest BCUT2D eigenvalue weighted by molar-refractivity contribution is 5.87. The summed E-state index contributed by atoms with van der Waals surface area (Å²) in [7, 11) is 0. The molecule has 134 valence electrons. The molecule has 0 radical (unpaired) electrons. The Bertz CT molecular complexity index is 433. The summed E-state index contributed by atoms with van der Waals surface area (Å²) in [6.07, 6.45) is 2.94. The minimum Gasteiger partial charge on any atom is -0.464 e. The van der Waals surface area contributed by atoms with Crippen LogP contribution in [0.5, 0.6) is 0 Å². The Hall–Kier alpha value is -1.26. The first kappa shape index (κ1) is 19.8. The fraction of sp³-hybridized carbons (Fsp3) is 0.889. The number of hydrogen-bond donors (Lipinski definition) is 0. The van der Waals surface area contributed by atoms with Crippen molar-refractivity contribution < 1.29 is 19.1 Å². The number of likely N-dealkylation sites (tertiary alicyclic amines) is 1. The molecule has 0 N–H and O–H groups in total. The Kier molecular flexibility index (Phi) is 6.11. The van der Waals surface area contributed by atoms with Crippen LogP contribution in [0.15, 0.2) is 0 Å². The van der Waals surface area contributed by atoms with E-state index >= 15 is 0 Å². The highest BCUT2D eigenvalue weighted by Crippen LogP contribution is 2.43. The molecule has 1 fully saturated rings. The SMILES string of the molecule is CCOC(=O)[C@@]1(C(C)(C)C)CCCCCN1C(=O)OC(C)(C)C. The van der Waals surface area contributed by atoms with Gasteiger partial charge in [0.25, 0.3) is 0 Å². The standard InChI is InChI=1S/C18H33NO4/c1-8-22-14(20)18(16(2,3)4)12-10-9-11-13-19(18)15(21)23-17(5,6)7/h8-13H2,1-7H3/t18-/m1/s1. The average molecular weight is 327 g/mol. The summed E-state index contributed by atoms with van der Waals surface area (Å²) in [5, 5.41) is 0. The van der Waals surface area contributed by atoms with Gasteiger partial charge in [-0.05, 0) is 46.0 Å². The number of esters is 1. The summed E-state index contributed by atoms with van der Waals surface area (Å²) in [4.78, 5) is 27.4. The molecule has 0 unspecified atom stereocenters. The molecule has 1 saturated heterocycles. The Balaban J connectivity index is 3.33. The summed E-state index contributed by atoms with van der Waals surface area (Å²) < 4.78 is 11.0. The van der Waals surface area contributed by atoms with E-state index in [9.17, 15) is 9.59 Å². The van der Waals surface area contributed by atoms with E-state index in [1.807, 2.05) is 41.5 Å². The lowest BCUT2D eigenvalue weighted by Crippen LogP contribution is -2.64. The number of amides is 1. The van der Waals surface area contributed by atoms with E-state index in [0.29, 0.717) is 19.6 Å². The van der Waals surface area contributed by atoms with Crippen molar-refractivity contribution in [2.45, 2.75) is 85.3 Å². The van der Waals surface area contributed by atoms with Gasteiger partial charge in [-0.15, -0.1) is 0 Å². The average Bonchev–Trinajstić information content (AvgIpc) is 2.59. The van der Waals surface area contributed by atoms with E-state index in [4.69, 9.17) is 9.47 Å². The van der Waals surface area contributed by atoms with E-state index in [2.05, 4.69) is 0 Å². The van der Waals surface area contributed by atoms with Crippen molar-refractivity contribution in [1.29, 1.82) is 0 Å². The second-order valence-corrected chi connectivity index (χ2v) is 8.27. The Morgan fingerprint density at radius 2 is 1.65 bits per heavy atom. The van der Waals surface area contributed by atoms with Gasteiger partial charge < -0.3 is 9.47 Å². The zero-order valence-electron chi connectivity index (χ0n) is 15.8. The molecule has 0 bridgehead atoms. The van der Waals surface area contributed by atoms with Crippen LogP contribution in [0.4, 0.5) is 4.79 Å². The molecule has 5 heteroatoms. The van der Waals surface area contributed by atoms with Gasteiger partial charge in [-0.3, -0.25) is 4.90 Å². The van der Waals surface area contributed by atoms with Crippen molar-refractivity contribution in [3.8, 4) is 0 Å².